The maximum atomic E-state index is 12.0. The number of hydrogen-bond donors (Lipinski definition) is 1. The molecule has 4 nitrogen and oxygen atoms in total. The summed E-state index contributed by atoms with van der Waals surface area (Å²) >= 11 is 0. The van der Waals surface area contributed by atoms with Gasteiger partial charge >= 0.3 is 0 Å². The minimum absolute atomic E-state index is 0. The lowest BCUT2D eigenvalue weighted by atomic mass is 10.1. The highest BCUT2D eigenvalue weighted by atomic mass is 35.5. The van der Waals surface area contributed by atoms with Gasteiger partial charge in [0.1, 0.15) is 0 Å². The Morgan fingerprint density at radius 2 is 2.24 bits per heavy atom. The summed E-state index contributed by atoms with van der Waals surface area (Å²) in [6.07, 6.45) is 5.20. The van der Waals surface area contributed by atoms with E-state index in [1.807, 2.05) is 11.9 Å². The van der Waals surface area contributed by atoms with Gasteiger partial charge in [-0.15, -0.1) is 12.4 Å². The summed E-state index contributed by atoms with van der Waals surface area (Å²) in [7, 11) is 1.92. The van der Waals surface area contributed by atoms with Crippen LogP contribution in [0.3, 0.4) is 0 Å². The highest BCUT2D eigenvalue weighted by Crippen LogP contribution is 2.17. The predicted octanol–water partition coefficient (Wildman–Crippen LogP) is 1.19. The molecule has 2 heterocycles. The largest absolute Gasteiger partial charge is 0.378 e. The van der Waals surface area contributed by atoms with E-state index in [1.165, 1.54) is 6.42 Å². The molecular weight excluding hydrogens is 240 g/mol. The molecule has 0 aromatic carbocycles. The van der Waals surface area contributed by atoms with Crippen molar-refractivity contribution in [2.45, 2.75) is 44.2 Å². The summed E-state index contributed by atoms with van der Waals surface area (Å²) in [5.74, 6) is 0.237. The summed E-state index contributed by atoms with van der Waals surface area (Å²) in [5.41, 5.74) is 0. The number of carbonyl (C=O) groups excluding carboxylic acids is 1. The van der Waals surface area contributed by atoms with Crippen LogP contribution in [0, 0.1) is 0 Å². The van der Waals surface area contributed by atoms with Crippen molar-refractivity contribution < 1.29 is 9.53 Å². The first-order valence-corrected chi connectivity index (χ1v) is 6.35. The van der Waals surface area contributed by atoms with Crippen molar-refractivity contribution in [2.75, 3.05) is 26.7 Å². The molecule has 0 radical (unpaired) electrons. The second kappa shape index (κ2) is 7.19. The third kappa shape index (κ3) is 4.12. The molecule has 0 spiro atoms. The summed E-state index contributed by atoms with van der Waals surface area (Å²) in [4.78, 5) is 13.9. The zero-order valence-corrected chi connectivity index (χ0v) is 11.3. The second-order valence-electron chi connectivity index (χ2n) is 4.84. The Kier molecular flexibility index (Phi) is 6.23. The van der Waals surface area contributed by atoms with E-state index in [9.17, 15) is 4.79 Å². The lowest BCUT2D eigenvalue weighted by Crippen LogP contribution is -2.40. The van der Waals surface area contributed by atoms with E-state index in [-0.39, 0.29) is 24.4 Å². The van der Waals surface area contributed by atoms with Crippen LogP contribution in [0.15, 0.2) is 0 Å². The first kappa shape index (κ1) is 14.7. The number of nitrogens with zero attached hydrogens (tertiary/aromatic N) is 1. The molecule has 0 aliphatic carbocycles. The second-order valence-corrected chi connectivity index (χ2v) is 4.84. The fourth-order valence-corrected chi connectivity index (χ4v) is 2.48. The van der Waals surface area contributed by atoms with Gasteiger partial charge in [-0.1, -0.05) is 0 Å². The third-order valence-electron chi connectivity index (χ3n) is 3.65. The Balaban J connectivity index is 0.00000144. The van der Waals surface area contributed by atoms with E-state index in [0.717, 1.165) is 39.0 Å². The number of halogens is 1. The highest BCUT2D eigenvalue weighted by molar-refractivity contribution is 5.85. The maximum Gasteiger partial charge on any atom is 0.225 e. The Hall–Kier alpha value is -0.320. The van der Waals surface area contributed by atoms with Crippen molar-refractivity contribution in [3.8, 4) is 0 Å². The molecule has 1 N–H and O–H groups in total. The molecule has 0 bridgehead atoms. The zero-order valence-electron chi connectivity index (χ0n) is 10.5. The van der Waals surface area contributed by atoms with Crippen LogP contribution in [-0.4, -0.2) is 49.7 Å². The number of likely N-dealkylation sites (N-methyl/N-ethyl adjacent to an activating group) is 1. The molecule has 2 fully saturated rings. The molecule has 2 atom stereocenters. The van der Waals surface area contributed by atoms with Gasteiger partial charge in [-0.2, -0.15) is 0 Å². The molecule has 0 aromatic heterocycles. The summed E-state index contributed by atoms with van der Waals surface area (Å²) in [6, 6.07) is 0.385. The van der Waals surface area contributed by atoms with Crippen molar-refractivity contribution in [1.29, 1.82) is 0 Å². The van der Waals surface area contributed by atoms with E-state index >= 15 is 0 Å². The van der Waals surface area contributed by atoms with Crippen molar-refractivity contribution in [3.05, 3.63) is 0 Å². The van der Waals surface area contributed by atoms with Crippen molar-refractivity contribution in [1.82, 2.24) is 10.2 Å². The molecule has 2 aliphatic rings. The van der Waals surface area contributed by atoms with Crippen LogP contribution in [0.1, 0.15) is 32.1 Å². The highest BCUT2D eigenvalue weighted by Gasteiger charge is 2.25. The molecular formula is C12H23ClN2O2. The average Bonchev–Trinajstić information content (AvgIpc) is 2.83. The number of hydrogen-bond acceptors (Lipinski definition) is 3. The minimum Gasteiger partial charge on any atom is -0.378 e. The van der Waals surface area contributed by atoms with E-state index in [1.54, 1.807) is 0 Å². The molecule has 2 unspecified atom stereocenters. The number of ether oxygens (including phenoxy) is 1. The van der Waals surface area contributed by atoms with Gasteiger partial charge in [0.05, 0.1) is 12.5 Å². The zero-order chi connectivity index (χ0) is 11.4. The maximum absolute atomic E-state index is 12.0. The number of nitrogens with one attached hydrogen (secondary N) is 1. The lowest BCUT2D eigenvalue weighted by Gasteiger charge is -2.27. The topological polar surface area (TPSA) is 41.6 Å². The fraction of sp³-hybridized carbons (Fsp3) is 0.917. The summed E-state index contributed by atoms with van der Waals surface area (Å²) in [6.45, 7) is 2.79. The summed E-state index contributed by atoms with van der Waals surface area (Å²) in [5, 5.41) is 3.29. The molecule has 0 aromatic rings. The van der Waals surface area contributed by atoms with Gasteiger partial charge in [-0.3, -0.25) is 4.79 Å². The standard InChI is InChI=1S/C12H22N2O2.ClH/c1-14(10-5-6-13-9-10)12(15)8-11-4-2-3-7-16-11;/h10-11,13H,2-9H2,1H3;1H. The average molecular weight is 263 g/mol. The van der Waals surface area contributed by atoms with Crippen molar-refractivity contribution in [2.24, 2.45) is 0 Å². The van der Waals surface area contributed by atoms with Crippen LogP contribution in [0.5, 0.6) is 0 Å². The summed E-state index contributed by atoms with van der Waals surface area (Å²) < 4.78 is 5.60. The van der Waals surface area contributed by atoms with Crippen LogP contribution < -0.4 is 5.32 Å². The number of carbonyl (C=O) groups is 1. The van der Waals surface area contributed by atoms with Crippen LogP contribution >= 0.6 is 12.4 Å². The SMILES string of the molecule is CN(C(=O)CC1CCCCO1)C1CCNC1.Cl. The van der Waals surface area contributed by atoms with E-state index in [2.05, 4.69) is 5.32 Å². The molecule has 5 heteroatoms. The van der Waals surface area contributed by atoms with E-state index < -0.39 is 0 Å². The van der Waals surface area contributed by atoms with Gasteiger partial charge in [0, 0.05) is 26.2 Å². The molecule has 2 aliphatic heterocycles. The Morgan fingerprint density at radius 1 is 1.41 bits per heavy atom. The molecule has 0 saturated carbocycles. The van der Waals surface area contributed by atoms with Gasteiger partial charge in [0.2, 0.25) is 5.91 Å². The number of rotatable bonds is 3. The van der Waals surface area contributed by atoms with Crippen LogP contribution in [0.2, 0.25) is 0 Å². The van der Waals surface area contributed by atoms with Gasteiger partial charge in [0.25, 0.3) is 0 Å². The Morgan fingerprint density at radius 3 is 2.82 bits per heavy atom. The molecule has 1 amide bonds. The van der Waals surface area contributed by atoms with Crippen LogP contribution in [0.4, 0.5) is 0 Å². The van der Waals surface area contributed by atoms with Gasteiger partial charge in [0.15, 0.2) is 0 Å². The Labute approximate surface area is 109 Å². The molecule has 100 valence electrons. The van der Waals surface area contributed by atoms with Crippen molar-refractivity contribution in [3.63, 3.8) is 0 Å². The van der Waals surface area contributed by atoms with Crippen molar-refractivity contribution >= 4 is 18.3 Å². The molecule has 2 saturated heterocycles. The lowest BCUT2D eigenvalue weighted by molar-refractivity contribution is -0.135. The van der Waals surface area contributed by atoms with Gasteiger partial charge in [-0.25, -0.2) is 0 Å². The van der Waals surface area contributed by atoms with E-state index in [0.29, 0.717) is 12.5 Å². The molecule has 17 heavy (non-hydrogen) atoms. The smallest absolute Gasteiger partial charge is 0.225 e. The molecule has 2 rings (SSSR count). The fourth-order valence-electron chi connectivity index (χ4n) is 2.48. The first-order valence-electron chi connectivity index (χ1n) is 6.35. The van der Waals surface area contributed by atoms with Gasteiger partial charge < -0.3 is 15.0 Å². The third-order valence-corrected chi connectivity index (χ3v) is 3.65. The van der Waals surface area contributed by atoms with Crippen LogP contribution in [-0.2, 0) is 9.53 Å². The normalized spacial score (nSPS) is 28.5. The minimum atomic E-state index is 0. The quantitative estimate of drug-likeness (QED) is 0.831. The Bertz CT molecular complexity index is 239. The van der Waals surface area contributed by atoms with Crippen LogP contribution in [0.25, 0.3) is 0 Å². The van der Waals surface area contributed by atoms with E-state index in [4.69, 9.17) is 4.74 Å². The first-order chi connectivity index (χ1) is 7.77. The number of amides is 1. The predicted molar refractivity (Wildman–Crippen MR) is 69.5 cm³/mol. The monoisotopic (exact) mass is 262 g/mol. The van der Waals surface area contributed by atoms with Gasteiger partial charge in [-0.05, 0) is 32.2 Å².